The highest BCUT2D eigenvalue weighted by Gasteiger charge is 2.26. The third-order valence-corrected chi connectivity index (χ3v) is 6.68. The first kappa shape index (κ1) is 23.8. The van der Waals surface area contributed by atoms with Crippen molar-refractivity contribution in [3.05, 3.63) is 24.3 Å². The number of carbonyl (C=O) groups excluding carboxylic acids is 3. The molecule has 1 atom stereocenters. The van der Waals surface area contributed by atoms with Gasteiger partial charge in [0.2, 0.25) is 15.9 Å². The van der Waals surface area contributed by atoms with Crippen LogP contribution in [-0.2, 0) is 29.1 Å². The average Bonchev–Trinajstić information content (AvgIpc) is 2.68. The first-order chi connectivity index (χ1) is 14.1. The van der Waals surface area contributed by atoms with Crippen LogP contribution in [0.25, 0.3) is 0 Å². The molecule has 1 aromatic carbocycles. The summed E-state index contributed by atoms with van der Waals surface area (Å²) in [5.41, 5.74) is 0.460. The van der Waals surface area contributed by atoms with Crippen molar-refractivity contribution in [3.63, 3.8) is 0 Å². The summed E-state index contributed by atoms with van der Waals surface area (Å²) < 4.78 is 31.2. The second-order valence-corrected chi connectivity index (χ2v) is 9.49. The number of rotatable bonds is 8. The van der Waals surface area contributed by atoms with Crippen LogP contribution in [0.5, 0.6) is 0 Å². The topological polar surface area (TPSA) is 122 Å². The predicted octanol–water partition coefficient (Wildman–Crippen LogP) is 1.65. The van der Waals surface area contributed by atoms with Crippen LogP contribution in [0, 0.1) is 0 Å². The van der Waals surface area contributed by atoms with Gasteiger partial charge >= 0.3 is 5.97 Å². The Hall–Kier alpha value is -2.46. The van der Waals surface area contributed by atoms with Crippen molar-refractivity contribution in [1.29, 1.82) is 0 Å². The Kier molecular flexibility index (Phi) is 8.36. The number of sulfonamides is 1. The highest BCUT2D eigenvalue weighted by Crippen LogP contribution is 2.19. The minimum absolute atomic E-state index is 0.0324. The van der Waals surface area contributed by atoms with Crippen LogP contribution in [0.2, 0.25) is 0 Å². The summed E-state index contributed by atoms with van der Waals surface area (Å²) in [4.78, 5) is 35.4. The van der Waals surface area contributed by atoms with Crippen molar-refractivity contribution < 1.29 is 27.5 Å². The first-order valence-corrected chi connectivity index (χ1v) is 11.4. The second-order valence-electron chi connectivity index (χ2n) is 7.44. The lowest BCUT2D eigenvalue weighted by atomic mass is 9.95. The smallest absolute Gasteiger partial charge is 0.322 e. The number of carbonyl (C=O) groups is 3. The summed E-state index contributed by atoms with van der Waals surface area (Å²) in [6.07, 6.45) is 4.10. The largest absolute Gasteiger partial charge is 0.452 e. The Morgan fingerprint density at radius 2 is 1.73 bits per heavy atom. The summed E-state index contributed by atoms with van der Waals surface area (Å²) in [6.45, 7) is 2.28. The van der Waals surface area contributed by atoms with Crippen molar-refractivity contribution in [1.82, 2.24) is 9.62 Å². The molecule has 1 aromatic rings. The first-order valence-electron chi connectivity index (χ1n) is 9.93. The molecule has 0 spiro atoms. The number of ether oxygens (including phenoxy) is 1. The number of amides is 2. The molecule has 0 aromatic heterocycles. The van der Waals surface area contributed by atoms with E-state index in [2.05, 4.69) is 10.6 Å². The molecule has 1 aliphatic rings. The van der Waals surface area contributed by atoms with Crippen LogP contribution in [0.3, 0.4) is 0 Å². The number of nitrogens with one attached hydrogen (secondary N) is 2. The van der Waals surface area contributed by atoms with Gasteiger partial charge in [-0.25, -0.2) is 8.42 Å². The number of hydrogen-bond acceptors (Lipinski definition) is 6. The lowest BCUT2D eigenvalue weighted by Gasteiger charge is -2.24. The van der Waals surface area contributed by atoms with Crippen LogP contribution >= 0.6 is 0 Å². The molecule has 0 bridgehead atoms. The van der Waals surface area contributed by atoms with E-state index in [1.54, 1.807) is 0 Å². The highest BCUT2D eigenvalue weighted by molar-refractivity contribution is 7.89. The third kappa shape index (κ3) is 6.81. The number of likely N-dealkylation sites (N-methyl/N-ethyl adjacent to an activating group) is 1. The van der Waals surface area contributed by atoms with E-state index in [0.29, 0.717) is 5.69 Å². The van der Waals surface area contributed by atoms with Crippen molar-refractivity contribution >= 4 is 33.5 Å². The third-order valence-electron chi connectivity index (χ3n) is 4.86. The van der Waals surface area contributed by atoms with Crippen molar-refractivity contribution in [2.45, 2.75) is 63.0 Å². The fourth-order valence-corrected chi connectivity index (χ4v) is 4.33. The van der Waals surface area contributed by atoms with Gasteiger partial charge in [-0.05, 0) is 44.0 Å². The molecule has 1 aliphatic carbocycles. The van der Waals surface area contributed by atoms with Crippen LogP contribution in [-0.4, -0.2) is 56.2 Å². The standard InChI is InChI=1S/C20H29N3O6S/c1-14(20(26)22-16-7-5-4-6-8-16)29-19(25)13-23(3)30(27,28)18-11-9-17(10-12-18)21-15(2)24/h9-12,14,16H,4-8,13H2,1-3H3,(H,21,24)(H,22,26)/t14-/m1/s1. The number of esters is 1. The molecular weight excluding hydrogens is 410 g/mol. The van der Waals surface area contributed by atoms with E-state index < -0.39 is 28.6 Å². The molecule has 1 fully saturated rings. The molecule has 30 heavy (non-hydrogen) atoms. The zero-order chi connectivity index (χ0) is 22.3. The van der Waals surface area contributed by atoms with E-state index >= 15 is 0 Å². The Morgan fingerprint density at radius 1 is 1.13 bits per heavy atom. The highest BCUT2D eigenvalue weighted by atomic mass is 32.2. The molecule has 166 valence electrons. The van der Waals surface area contributed by atoms with E-state index in [1.807, 2.05) is 0 Å². The lowest BCUT2D eigenvalue weighted by molar-refractivity contribution is -0.155. The minimum Gasteiger partial charge on any atom is -0.452 e. The molecule has 0 aliphatic heterocycles. The Balaban J connectivity index is 1.90. The van der Waals surface area contributed by atoms with Crippen LogP contribution in [0.1, 0.15) is 46.0 Å². The minimum atomic E-state index is -3.94. The van der Waals surface area contributed by atoms with Gasteiger partial charge in [0.05, 0.1) is 4.90 Å². The molecule has 0 saturated heterocycles. The fourth-order valence-electron chi connectivity index (χ4n) is 3.21. The van der Waals surface area contributed by atoms with Gasteiger partial charge in [0.1, 0.15) is 6.54 Å². The Labute approximate surface area is 177 Å². The number of hydrogen-bond donors (Lipinski definition) is 2. The van der Waals surface area contributed by atoms with Crippen molar-refractivity contribution in [2.24, 2.45) is 0 Å². The summed E-state index contributed by atoms with van der Waals surface area (Å²) in [5.74, 6) is -1.47. The maximum absolute atomic E-state index is 12.6. The van der Waals surface area contributed by atoms with Gasteiger partial charge in [0, 0.05) is 25.7 Å². The van der Waals surface area contributed by atoms with Gasteiger partial charge in [0.15, 0.2) is 6.10 Å². The van der Waals surface area contributed by atoms with Crippen molar-refractivity contribution in [2.75, 3.05) is 18.9 Å². The molecule has 2 N–H and O–H groups in total. The summed E-state index contributed by atoms with van der Waals surface area (Å²) in [5, 5.41) is 5.42. The molecule has 0 radical (unpaired) electrons. The average molecular weight is 440 g/mol. The second kappa shape index (κ2) is 10.5. The summed E-state index contributed by atoms with van der Waals surface area (Å²) in [7, 11) is -2.68. The Bertz CT molecular complexity index is 863. The van der Waals surface area contributed by atoms with Crippen LogP contribution in [0.15, 0.2) is 29.2 Å². The number of nitrogens with zero attached hydrogens (tertiary/aromatic N) is 1. The normalized spacial score (nSPS) is 16.0. The lowest BCUT2D eigenvalue weighted by Crippen LogP contribution is -2.44. The van der Waals surface area contributed by atoms with Gasteiger partial charge < -0.3 is 15.4 Å². The van der Waals surface area contributed by atoms with E-state index in [4.69, 9.17) is 4.74 Å². The molecular formula is C20H29N3O6S. The monoisotopic (exact) mass is 439 g/mol. The molecule has 0 unspecified atom stereocenters. The summed E-state index contributed by atoms with van der Waals surface area (Å²) >= 11 is 0. The van der Waals surface area contributed by atoms with E-state index in [1.165, 1.54) is 45.2 Å². The molecule has 10 heteroatoms. The van der Waals surface area contributed by atoms with Gasteiger partial charge in [-0.1, -0.05) is 19.3 Å². The molecule has 2 amide bonds. The van der Waals surface area contributed by atoms with E-state index in [-0.39, 0.29) is 22.8 Å². The molecule has 1 saturated carbocycles. The number of anilines is 1. The zero-order valence-electron chi connectivity index (χ0n) is 17.5. The molecule has 2 rings (SSSR count). The van der Waals surface area contributed by atoms with Crippen LogP contribution in [0.4, 0.5) is 5.69 Å². The quantitative estimate of drug-likeness (QED) is 0.594. The van der Waals surface area contributed by atoms with Gasteiger partial charge in [-0.2, -0.15) is 4.31 Å². The zero-order valence-corrected chi connectivity index (χ0v) is 18.3. The van der Waals surface area contributed by atoms with E-state index in [9.17, 15) is 22.8 Å². The predicted molar refractivity (Wildman–Crippen MR) is 111 cm³/mol. The Morgan fingerprint density at radius 3 is 2.30 bits per heavy atom. The maximum atomic E-state index is 12.6. The van der Waals surface area contributed by atoms with Crippen molar-refractivity contribution in [3.8, 4) is 0 Å². The fraction of sp³-hybridized carbons (Fsp3) is 0.550. The molecule has 0 heterocycles. The van der Waals surface area contributed by atoms with Gasteiger partial charge in [-0.15, -0.1) is 0 Å². The van der Waals surface area contributed by atoms with E-state index in [0.717, 1.165) is 36.4 Å². The van der Waals surface area contributed by atoms with Gasteiger partial charge in [0.25, 0.3) is 5.91 Å². The SMILES string of the molecule is CC(=O)Nc1ccc(S(=O)(=O)N(C)CC(=O)O[C@H](C)C(=O)NC2CCCCC2)cc1. The summed E-state index contributed by atoms with van der Waals surface area (Å²) in [6, 6.07) is 5.68. The van der Waals surface area contributed by atoms with Crippen LogP contribution < -0.4 is 10.6 Å². The molecule has 9 nitrogen and oxygen atoms in total. The van der Waals surface area contributed by atoms with Gasteiger partial charge in [-0.3, -0.25) is 14.4 Å². The maximum Gasteiger partial charge on any atom is 0.322 e. The number of benzene rings is 1.